The van der Waals surface area contributed by atoms with Gasteiger partial charge in [0, 0.05) is 30.0 Å². The molecule has 0 saturated heterocycles. The van der Waals surface area contributed by atoms with Gasteiger partial charge in [-0.25, -0.2) is 0 Å². The molecular formula is C24H25ClN4O. The van der Waals surface area contributed by atoms with E-state index in [2.05, 4.69) is 45.5 Å². The second kappa shape index (κ2) is 7.88. The van der Waals surface area contributed by atoms with Gasteiger partial charge in [0.1, 0.15) is 0 Å². The second-order valence-electron chi connectivity index (χ2n) is 8.35. The van der Waals surface area contributed by atoms with Crippen LogP contribution in [0, 0.1) is 5.92 Å². The first kappa shape index (κ1) is 19.3. The maximum absolute atomic E-state index is 12.3. The quantitative estimate of drug-likeness (QED) is 0.772. The first-order valence-electron chi connectivity index (χ1n) is 10.6. The summed E-state index contributed by atoms with van der Waals surface area (Å²) >= 11 is 6.34. The average molecular weight is 421 g/mol. The zero-order valence-electron chi connectivity index (χ0n) is 17.1. The highest BCUT2D eigenvalue weighted by molar-refractivity contribution is 6.34. The van der Waals surface area contributed by atoms with Crippen LogP contribution in [0.3, 0.4) is 0 Å². The molecule has 30 heavy (non-hydrogen) atoms. The van der Waals surface area contributed by atoms with E-state index in [4.69, 9.17) is 11.6 Å². The number of aromatic amines is 1. The lowest BCUT2D eigenvalue weighted by Crippen LogP contribution is -2.32. The number of nitrogens with one attached hydrogen (secondary N) is 1. The van der Waals surface area contributed by atoms with Crippen LogP contribution < -0.4 is 15.6 Å². The van der Waals surface area contributed by atoms with E-state index >= 15 is 0 Å². The van der Waals surface area contributed by atoms with Crippen molar-refractivity contribution in [1.29, 1.82) is 0 Å². The van der Waals surface area contributed by atoms with E-state index in [1.54, 1.807) is 11.8 Å². The number of anilines is 1. The van der Waals surface area contributed by atoms with Gasteiger partial charge >= 0.3 is 0 Å². The lowest BCUT2D eigenvalue weighted by molar-refractivity contribution is -0.116. The summed E-state index contributed by atoms with van der Waals surface area (Å²) in [6.45, 7) is 2.55. The van der Waals surface area contributed by atoms with Crippen molar-refractivity contribution >= 4 is 35.0 Å². The number of H-pyrrole nitrogens is 1. The largest absolute Gasteiger partial charge is 0.352 e. The average Bonchev–Trinajstić information content (AvgIpc) is 3.03. The van der Waals surface area contributed by atoms with E-state index in [-0.39, 0.29) is 5.91 Å². The number of amides is 1. The number of halogens is 1. The number of hydrogen-bond donors (Lipinski definition) is 1. The molecule has 1 aliphatic carbocycles. The van der Waals surface area contributed by atoms with Crippen molar-refractivity contribution in [3.63, 3.8) is 0 Å². The third-order valence-electron chi connectivity index (χ3n) is 6.55. The highest BCUT2D eigenvalue weighted by atomic mass is 35.5. The number of rotatable bonds is 2. The first-order valence-corrected chi connectivity index (χ1v) is 11.0. The Morgan fingerprint density at radius 1 is 1.13 bits per heavy atom. The molecule has 2 aliphatic heterocycles. The Labute approximate surface area is 180 Å². The minimum Gasteiger partial charge on any atom is -0.352 e. The standard InChI is InChI=1S/C24H25ClN4O/c1-15(30)29-12-11-19(25)13-21-24(29)20-14-26-28-22(23(20)27-21)18-9-7-17(8-10-18)16-5-3-2-4-6-16/h2-6,11,13,17-18,27H,7-10,12,14H2,1H3/t17-,18-. The van der Waals surface area contributed by atoms with Crippen LogP contribution in [0.2, 0.25) is 0 Å². The van der Waals surface area contributed by atoms with E-state index in [0.29, 0.717) is 30.0 Å². The van der Waals surface area contributed by atoms with Crippen molar-refractivity contribution in [2.24, 2.45) is 16.1 Å². The number of nitrogens with zero attached hydrogens (tertiary/aromatic N) is 3. The van der Waals surface area contributed by atoms with Crippen LogP contribution in [0.1, 0.15) is 49.7 Å². The number of allylic oxidation sites excluding steroid dienone is 1. The number of hydrogen-bond acceptors (Lipinski definition) is 3. The zero-order chi connectivity index (χ0) is 20.7. The molecular weight excluding hydrogens is 396 g/mol. The predicted octanol–water partition coefficient (Wildman–Crippen LogP) is 4.33. The Morgan fingerprint density at radius 2 is 1.87 bits per heavy atom. The molecule has 1 amide bonds. The van der Waals surface area contributed by atoms with Crippen LogP contribution in [-0.4, -0.2) is 17.4 Å². The molecule has 1 saturated carbocycles. The number of azo groups is 1. The van der Waals surface area contributed by atoms with Crippen molar-refractivity contribution in [2.45, 2.75) is 45.1 Å². The molecule has 6 heteroatoms. The minimum atomic E-state index is 0.00139. The van der Waals surface area contributed by atoms with Crippen LogP contribution >= 0.6 is 11.6 Å². The molecule has 3 heterocycles. The topological polar surface area (TPSA) is 60.8 Å². The van der Waals surface area contributed by atoms with Crippen molar-refractivity contribution in [2.75, 3.05) is 11.4 Å². The van der Waals surface area contributed by atoms with Crippen LogP contribution in [0.25, 0.3) is 11.8 Å². The Morgan fingerprint density at radius 3 is 2.60 bits per heavy atom. The highest BCUT2D eigenvalue weighted by Crippen LogP contribution is 2.40. The van der Waals surface area contributed by atoms with Gasteiger partial charge in [0.15, 0.2) is 0 Å². The summed E-state index contributed by atoms with van der Waals surface area (Å²) in [5.41, 5.74) is 4.43. The van der Waals surface area contributed by atoms with Gasteiger partial charge in [-0.1, -0.05) is 41.9 Å². The normalized spacial score (nSPS) is 23.2. The summed E-state index contributed by atoms with van der Waals surface area (Å²) in [5.74, 6) is 1.00. The monoisotopic (exact) mass is 420 g/mol. The molecule has 5 nitrogen and oxygen atoms in total. The molecule has 0 spiro atoms. The molecule has 1 aromatic carbocycles. The van der Waals surface area contributed by atoms with Crippen molar-refractivity contribution in [3.05, 3.63) is 63.3 Å². The van der Waals surface area contributed by atoms with Crippen LogP contribution in [0.5, 0.6) is 0 Å². The second-order valence-corrected chi connectivity index (χ2v) is 8.78. The molecule has 0 bridgehead atoms. The van der Waals surface area contributed by atoms with Gasteiger partial charge in [-0.05, 0) is 49.3 Å². The van der Waals surface area contributed by atoms with Gasteiger partial charge in [0.2, 0.25) is 5.91 Å². The van der Waals surface area contributed by atoms with E-state index in [1.807, 2.05) is 12.2 Å². The first-order chi connectivity index (χ1) is 14.6. The predicted molar refractivity (Wildman–Crippen MR) is 120 cm³/mol. The Kier molecular flexibility index (Phi) is 5.07. The summed E-state index contributed by atoms with van der Waals surface area (Å²) in [7, 11) is 0. The fourth-order valence-electron chi connectivity index (χ4n) is 5.03. The molecule has 1 N–H and O–H groups in total. The van der Waals surface area contributed by atoms with Crippen molar-refractivity contribution in [3.8, 4) is 0 Å². The number of aromatic nitrogens is 1. The molecule has 0 atom stereocenters. The minimum absolute atomic E-state index is 0.00139. The molecule has 0 unspecified atom stereocenters. The van der Waals surface area contributed by atoms with Gasteiger partial charge in [0.25, 0.3) is 0 Å². The third-order valence-corrected chi connectivity index (χ3v) is 6.82. The molecule has 154 valence electrons. The summed E-state index contributed by atoms with van der Waals surface area (Å²) in [6, 6.07) is 10.8. The van der Waals surface area contributed by atoms with Gasteiger partial charge in [-0.3, -0.25) is 4.79 Å². The summed E-state index contributed by atoms with van der Waals surface area (Å²) < 4.78 is 0. The fourth-order valence-corrected chi connectivity index (χ4v) is 5.21. The Bertz CT molecular complexity index is 1150. The zero-order valence-corrected chi connectivity index (χ0v) is 17.8. The third kappa shape index (κ3) is 3.41. The van der Waals surface area contributed by atoms with E-state index in [0.717, 1.165) is 53.3 Å². The number of carbonyl (C=O) groups excluding carboxylic acids is 1. The van der Waals surface area contributed by atoms with Crippen molar-refractivity contribution < 1.29 is 4.79 Å². The molecule has 1 aromatic heterocycles. The fraction of sp³-hybridized carbons (Fsp3) is 0.375. The van der Waals surface area contributed by atoms with Gasteiger partial charge in [-0.15, -0.1) is 0 Å². The van der Waals surface area contributed by atoms with Crippen LogP contribution in [0.4, 0.5) is 5.69 Å². The lowest BCUT2D eigenvalue weighted by atomic mass is 9.77. The summed E-state index contributed by atoms with van der Waals surface area (Å²) in [6.07, 6.45) is 8.27. The molecule has 0 radical (unpaired) electrons. The highest BCUT2D eigenvalue weighted by Gasteiger charge is 2.29. The number of fused-ring (bicyclic) bond motifs is 3. The number of benzene rings is 1. The van der Waals surface area contributed by atoms with E-state index < -0.39 is 0 Å². The maximum Gasteiger partial charge on any atom is 0.224 e. The number of carbonyl (C=O) groups is 1. The molecule has 1 fully saturated rings. The molecule has 2 aromatic rings. The maximum atomic E-state index is 12.3. The molecule has 5 rings (SSSR count). The summed E-state index contributed by atoms with van der Waals surface area (Å²) in [5, 5.41) is 11.6. The van der Waals surface area contributed by atoms with E-state index in [9.17, 15) is 4.79 Å². The molecule has 3 aliphatic rings. The SMILES string of the molecule is CC(=O)N1CC=C(Cl)C=c2[nH]c3c(c21)CN=NC=3[C@H]1CC[C@H](c2ccccc2)CC1. The van der Waals surface area contributed by atoms with Gasteiger partial charge < -0.3 is 9.88 Å². The van der Waals surface area contributed by atoms with Gasteiger partial charge in [0.05, 0.1) is 28.6 Å². The van der Waals surface area contributed by atoms with Crippen LogP contribution in [0.15, 0.2) is 51.7 Å². The van der Waals surface area contributed by atoms with Crippen molar-refractivity contribution in [1.82, 2.24) is 4.98 Å². The lowest BCUT2D eigenvalue weighted by Gasteiger charge is -2.29. The Balaban J connectivity index is 1.52. The summed E-state index contributed by atoms with van der Waals surface area (Å²) in [4.78, 5) is 17.6. The smallest absolute Gasteiger partial charge is 0.224 e. The van der Waals surface area contributed by atoms with Crippen LogP contribution in [-0.2, 0) is 11.3 Å². The Hall–Kier alpha value is -2.66. The van der Waals surface area contributed by atoms with E-state index in [1.165, 1.54) is 5.56 Å². The van der Waals surface area contributed by atoms with Gasteiger partial charge in [-0.2, -0.15) is 10.2 Å².